The summed E-state index contributed by atoms with van der Waals surface area (Å²) in [5.41, 5.74) is 8.61. The predicted octanol–water partition coefficient (Wildman–Crippen LogP) is 2.87. The summed E-state index contributed by atoms with van der Waals surface area (Å²) in [5.74, 6) is 0. The smallest absolute Gasteiger partial charge is 0.0705 e. The van der Waals surface area contributed by atoms with E-state index in [0.29, 0.717) is 0 Å². The van der Waals surface area contributed by atoms with E-state index in [1.165, 1.54) is 0 Å². The number of alkyl halides is 1. The Morgan fingerprint density at radius 3 is 2.93 bits per heavy atom. The van der Waals surface area contributed by atoms with Crippen LogP contribution in [0.15, 0.2) is 17.5 Å². The SMILES string of the molecule is Nc1c(CO)c(CBr)cc2ccsc12. The van der Waals surface area contributed by atoms with Crippen LogP contribution < -0.4 is 5.73 Å². The van der Waals surface area contributed by atoms with Crippen LogP contribution in [-0.2, 0) is 11.9 Å². The van der Waals surface area contributed by atoms with Gasteiger partial charge in [-0.3, -0.25) is 0 Å². The summed E-state index contributed by atoms with van der Waals surface area (Å²) in [7, 11) is 0. The average molecular weight is 272 g/mol. The molecule has 0 aliphatic carbocycles. The molecule has 0 saturated heterocycles. The molecule has 4 heteroatoms. The van der Waals surface area contributed by atoms with Crippen LogP contribution in [0.5, 0.6) is 0 Å². The molecule has 0 bridgehead atoms. The minimum Gasteiger partial charge on any atom is -0.397 e. The number of nitrogen functional groups attached to an aromatic ring is 1. The van der Waals surface area contributed by atoms with Crippen molar-refractivity contribution in [3.8, 4) is 0 Å². The minimum absolute atomic E-state index is 0.000602. The molecule has 0 aliphatic rings. The summed E-state index contributed by atoms with van der Waals surface area (Å²) >= 11 is 5.01. The first-order valence-corrected chi connectivity index (χ1v) is 6.22. The van der Waals surface area contributed by atoms with Gasteiger partial charge in [-0.15, -0.1) is 11.3 Å². The first-order valence-electron chi connectivity index (χ1n) is 4.22. The Bertz CT molecular complexity index is 466. The maximum atomic E-state index is 9.23. The van der Waals surface area contributed by atoms with E-state index in [-0.39, 0.29) is 6.61 Å². The first-order chi connectivity index (χ1) is 6.77. The zero-order valence-corrected chi connectivity index (χ0v) is 9.86. The van der Waals surface area contributed by atoms with E-state index in [1.54, 1.807) is 11.3 Å². The van der Waals surface area contributed by atoms with Crippen LogP contribution in [0, 0.1) is 0 Å². The molecule has 0 aliphatic heterocycles. The largest absolute Gasteiger partial charge is 0.397 e. The van der Waals surface area contributed by atoms with Crippen molar-refractivity contribution in [1.82, 2.24) is 0 Å². The van der Waals surface area contributed by atoms with Crippen molar-refractivity contribution >= 4 is 43.0 Å². The van der Waals surface area contributed by atoms with Crippen molar-refractivity contribution in [2.75, 3.05) is 5.73 Å². The maximum absolute atomic E-state index is 9.23. The average Bonchev–Trinajstić information content (AvgIpc) is 2.65. The highest BCUT2D eigenvalue weighted by molar-refractivity contribution is 9.08. The summed E-state index contributed by atoms with van der Waals surface area (Å²) in [5, 5.41) is 13.1. The fourth-order valence-corrected chi connectivity index (χ4v) is 2.91. The van der Waals surface area contributed by atoms with Crippen LogP contribution in [0.25, 0.3) is 10.1 Å². The Labute approximate surface area is 94.5 Å². The quantitative estimate of drug-likeness (QED) is 0.652. The lowest BCUT2D eigenvalue weighted by Crippen LogP contribution is -1.98. The number of hydrogen-bond acceptors (Lipinski definition) is 3. The number of anilines is 1. The fraction of sp³-hybridized carbons (Fsp3) is 0.200. The van der Waals surface area contributed by atoms with Crippen LogP contribution >= 0.6 is 27.3 Å². The standard InChI is InChI=1S/C10H10BrNOS/c11-4-7-3-6-1-2-14-10(6)9(12)8(7)5-13/h1-3,13H,4-5,12H2. The molecule has 1 aromatic carbocycles. The number of thiophene rings is 1. The van der Waals surface area contributed by atoms with E-state index in [1.807, 2.05) is 11.4 Å². The second-order valence-electron chi connectivity index (χ2n) is 3.06. The molecule has 2 nitrogen and oxygen atoms in total. The molecule has 2 rings (SSSR count). The number of nitrogens with two attached hydrogens (primary N) is 1. The van der Waals surface area contributed by atoms with Gasteiger partial charge in [-0.1, -0.05) is 15.9 Å². The molecule has 0 atom stereocenters. The van der Waals surface area contributed by atoms with Crippen LogP contribution in [0.3, 0.4) is 0 Å². The summed E-state index contributed by atoms with van der Waals surface area (Å²) in [4.78, 5) is 0. The van der Waals surface area contributed by atoms with Crippen LogP contribution in [0.4, 0.5) is 5.69 Å². The van der Waals surface area contributed by atoms with Gasteiger partial charge in [0.2, 0.25) is 0 Å². The molecule has 1 heterocycles. The number of benzene rings is 1. The Morgan fingerprint density at radius 1 is 1.50 bits per heavy atom. The van der Waals surface area contributed by atoms with E-state index in [2.05, 4.69) is 22.0 Å². The van der Waals surface area contributed by atoms with Gasteiger partial charge >= 0.3 is 0 Å². The van der Waals surface area contributed by atoms with Gasteiger partial charge < -0.3 is 10.8 Å². The molecule has 0 spiro atoms. The van der Waals surface area contributed by atoms with Crippen molar-refractivity contribution in [1.29, 1.82) is 0 Å². The highest BCUT2D eigenvalue weighted by atomic mass is 79.9. The maximum Gasteiger partial charge on any atom is 0.0705 e. The Kier molecular flexibility index (Phi) is 2.76. The van der Waals surface area contributed by atoms with Crippen molar-refractivity contribution in [3.05, 3.63) is 28.6 Å². The van der Waals surface area contributed by atoms with Crippen LogP contribution in [-0.4, -0.2) is 5.11 Å². The Morgan fingerprint density at radius 2 is 2.29 bits per heavy atom. The van der Waals surface area contributed by atoms with Gasteiger partial charge in [0.1, 0.15) is 0 Å². The van der Waals surface area contributed by atoms with Gasteiger partial charge in [-0.05, 0) is 28.5 Å². The molecule has 0 amide bonds. The monoisotopic (exact) mass is 271 g/mol. The van der Waals surface area contributed by atoms with Crippen LogP contribution in [0.1, 0.15) is 11.1 Å². The second kappa shape index (κ2) is 3.88. The first kappa shape index (κ1) is 9.96. The zero-order chi connectivity index (χ0) is 10.1. The third kappa shape index (κ3) is 1.43. The molecule has 74 valence electrons. The number of aliphatic hydroxyl groups excluding tert-OH is 1. The molecule has 0 fully saturated rings. The van der Waals surface area contributed by atoms with Crippen LogP contribution in [0.2, 0.25) is 0 Å². The molecule has 0 radical (unpaired) electrons. The summed E-state index contributed by atoms with van der Waals surface area (Å²) < 4.78 is 1.07. The van der Waals surface area contributed by atoms with E-state index in [9.17, 15) is 5.11 Å². The zero-order valence-electron chi connectivity index (χ0n) is 7.46. The molecule has 1 aromatic heterocycles. The molecule has 0 unspecified atom stereocenters. The molecular weight excluding hydrogens is 262 g/mol. The molecule has 3 N–H and O–H groups in total. The number of fused-ring (bicyclic) bond motifs is 1. The van der Waals surface area contributed by atoms with Crippen molar-refractivity contribution < 1.29 is 5.11 Å². The van der Waals surface area contributed by atoms with E-state index >= 15 is 0 Å². The lowest BCUT2D eigenvalue weighted by Gasteiger charge is -2.09. The topological polar surface area (TPSA) is 46.2 Å². The Balaban J connectivity index is 2.79. The van der Waals surface area contributed by atoms with Crippen molar-refractivity contribution in [3.63, 3.8) is 0 Å². The number of aliphatic hydroxyl groups is 1. The van der Waals surface area contributed by atoms with Crippen molar-refractivity contribution in [2.45, 2.75) is 11.9 Å². The molecule has 14 heavy (non-hydrogen) atoms. The van der Waals surface area contributed by atoms with E-state index in [0.717, 1.165) is 32.2 Å². The van der Waals surface area contributed by atoms with Gasteiger partial charge in [-0.25, -0.2) is 0 Å². The van der Waals surface area contributed by atoms with Crippen molar-refractivity contribution in [2.24, 2.45) is 0 Å². The minimum atomic E-state index is 0.000602. The molecule has 2 aromatic rings. The summed E-state index contributed by atoms with van der Waals surface area (Å²) in [6.45, 7) is 0.000602. The predicted molar refractivity (Wildman–Crippen MR) is 64.8 cm³/mol. The Hall–Kier alpha value is -0.580. The number of rotatable bonds is 2. The normalized spacial score (nSPS) is 11.0. The summed E-state index contributed by atoms with van der Waals surface area (Å²) in [6.07, 6.45) is 0. The number of halogens is 1. The third-order valence-corrected chi connectivity index (χ3v) is 3.85. The lowest BCUT2D eigenvalue weighted by atomic mass is 10.1. The lowest BCUT2D eigenvalue weighted by molar-refractivity contribution is 0.282. The second-order valence-corrected chi connectivity index (χ2v) is 4.54. The third-order valence-electron chi connectivity index (χ3n) is 2.28. The molecular formula is C10H10BrNOS. The number of hydrogen-bond donors (Lipinski definition) is 2. The van der Waals surface area contributed by atoms with Gasteiger partial charge in [0.25, 0.3) is 0 Å². The van der Waals surface area contributed by atoms with Gasteiger partial charge in [0.15, 0.2) is 0 Å². The summed E-state index contributed by atoms with van der Waals surface area (Å²) in [6, 6.07) is 4.12. The highest BCUT2D eigenvalue weighted by Crippen LogP contribution is 2.33. The van der Waals surface area contributed by atoms with E-state index in [4.69, 9.17) is 5.73 Å². The van der Waals surface area contributed by atoms with Gasteiger partial charge in [-0.2, -0.15) is 0 Å². The van der Waals surface area contributed by atoms with Gasteiger partial charge in [0.05, 0.1) is 17.0 Å². The van der Waals surface area contributed by atoms with E-state index < -0.39 is 0 Å². The van der Waals surface area contributed by atoms with Gasteiger partial charge in [0, 0.05) is 10.9 Å². The highest BCUT2D eigenvalue weighted by Gasteiger charge is 2.10. The fourth-order valence-electron chi connectivity index (χ4n) is 1.54. The molecule has 0 saturated carbocycles.